The van der Waals surface area contributed by atoms with E-state index in [-0.39, 0.29) is 0 Å². The van der Waals surface area contributed by atoms with Crippen molar-refractivity contribution in [1.82, 2.24) is 0 Å². The Bertz CT molecular complexity index is 182. The first-order valence-electron chi connectivity index (χ1n) is 4.78. The predicted molar refractivity (Wildman–Crippen MR) is 64.9 cm³/mol. The molecule has 1 aliphatic heterocycles. The summed E-state index contributed by atoms with van der Waals surface area (Å²) < 4.78 is 0. The molecule has 2 nitrogen and oxygen atoms in total. The van der Waals surface area contributed by atoms with Gasteiger partial charge in [0.25, 0.3) is 0 Å². The molecule has 1 aliphatic rings. The fourth-order valence-corrected chi connectivity index (χ4v) is 3.99. The molecule has 1 heterocycles. The lowest BCUT2D eigenvalue weighted by Gasteiger charge is -2.27. The number of amidine groups is 1. The second kappa shape index (κ2) is 5.81. The molecule has 0 aromatic carbocycles. The van der Waals surface area contributed by atoms with Gasteiger partial charge in [0.1, 0.15) is 5.84 Å². The molecule has 13 heavy (non-hydrogen) atoms. The van der Waals surface area contributed by atoms with Gasteiger partial charge in [-0.25, -0.2) is 0 Å². The van der Waals surface area contributed by atoms with Gasteiger partial charge in [-0.3, -0.25) is 4.99 Å². The highest BCUT2D eigenvalue weighted by molar-refractivity contribution is 8.07. The van der Waals surface area contributed by atoms with E-state index in [0.29, 0.717) is 10.5 Å². The number of aliphatic imine (C=N–C) groups is 1. The minimum atomic E-state index is 0.449. The van der Waals surface area contributed by atoms with Crippen LogP contribution in [0, 0.1) is 0 Å². The van der Waals surface area contributed by atoms with Crippen LogP contribution in [0.25, 0.3) is 0 Å². The zero-order chi connectivity index (χ0) is 9.68. The lowest BCUT2D eigenvalue weighted by atomic mass is 10.3. The topological polar surface area (TPSA) is 38.4 Å². The minimum Gasteiger partial charge on any atom is -0.387 e. The summed E-state index contributed by atoms with van der Waals surface area (Å²) in [5.41, 5.74) is 5.94. The summed E-state index contributed by atoms with van der Waals surface area (Å²) in [6, 6.07) is 0. The number of hydrogen-bond donors (Lipinski definition) is 1. The SMILES string of the molecule is CCCN=C(N)C1SCCSC1C. The molecule has 2 N–H and O–H groups in total. The summed E-state index contributed by atoms with van der Waals surface area (Å²) in [5, 5.41) is 1.07. The average Bonchev–Trinajstić information content (AvgIpc) is 2.15. The standard InChI is InChI=1S/C9H18N2S2/c1-3-4-11-9(10)8-7(2)12-5-6-13-8/h7-8H,3-6H2,1-2H3,(H2,10,11). The van der Waals surface area contributed by atoms with Crippen molar-refractivity contribution < 1.29 is 0 Å². The molecule has 2 atom stereocenters. The van der Waals surface area contributed by atoms with Gasteiger partial charge < -0.3 is 5.73 Å². The zero-order valence-corrected chi connectivity index (χ0v) is 9.96. The van der Waals surface area contributed by atoms with Crippen LogP contribution in [0.2, 0.25) is 0 Å². The van der Waals surface area contributed by atoms with Crippen LogP contribution >= 0.6 is 23.5 Å². The van der Waals surface area contributed by atoms with Gasteiger partial charge in [0.05, 0.1) is 5.25 Å². The summed E-state index contributed by atoms with van der Waals surface area (Å²) in [5.74, 6) is 3.32. The molecule has 1 fully saturated rings. The second-order valence-corrected chi connectivity index (χ2v) is 5.91. The van der Waals surface area contributed by atoms with Crippen molar-refractivity contribution in [1.29, 1.82) is 0 Å². The molecule has 0 bridgehead atoms. The third-order valence-electron chi connectivity index (χ3n) is 2.00. The highest BCUT2D eigenvalue weighted by Crippen LogP contribution is 2.30. The largest absolute Gasteiger partial charge is 0.387 e. The van der Waals surface area contributed by atoms with Crippen molar-refractivity contribution >= 4 is 29.4 Å². The number of hydrogen-bond acceptors (Lipinski definition) is 3. The van der Waals surface area contributed by atoms with E-state index in [0.717, 1.165) is 18.8 Å². The number of rotatable bonds is 3. The molecular formula is C9H18N2S2. The van der Waals surface area contributed by atoms with Crippen molar-refractivity contribution in [3.05, 3.63) is 0 Å². The first-order chi connectivity index (χ1) is 6.25. The van der Waals surface area contributed by atoms with Crippen LogP contribution in [0.15, 0.2) is 4.99 Å². The summed E-state index contributed by atoms with van der Waals surface area (Å²) in [6.07, 6.45) is 1.08. The summed E-state index contributed by atoms with van der Waals surface area (Å²) >= 11 is 3.96. The fraction of sp³-hybridized carbons (Fsp3) is 0.889. The Hall–Kier alpha value is 0.170. The zero-order valence-electron chi connectivity index (χ0n) is 8.32. The number of nitrogens with zero attached hydrogens (tertiary/aromatic N) is 1. The van der Waals surface area contributed by atoms with Crippen LogP contribution < -0.4 is 5.73 Å². The van der Waals surface area contributed by atoms with Gasteiger partial charge in [-0.1, -0.05) is 13.8 Å². The third-order valence-corrected chi connectivity index (χ3v) is 5.11. The van der Waals surface area contributed by atoms with E-state index in [9.17, 15) is 0 Å². The normalized spacial score (nSPS) is 30.5. The average molecular weight is 218 g/mol. The molecular weight excluding hydrogens is 200 g/mol. The Labute approximate surface area is 89.1 Å². The highest BCUT2D eigenvalue weighted by Gasteiger charge is 2.25. The quantitative estimate of drug-likeness (QED) is 0.581. The van der Waals surface area contributed by atoms with Gasteiger partial charge in [0.2, 0.25) is 0 Å². The lowest BCUT2D eigenvalue weighted by molar-refractivity contribution is 0.912. The Morgan fingerprint density at radius 1 is 1.46 bits per heavy atom. The third kappa shape index (κ3) is 3.43. The Kier molecular flexibility index (Phi) is 5.02. The maximum Gasteiger partial charge on any atom is 0.108 e. The van der Waals surface area contributed by atoms with Gasteiger partial charge >= 0.3 is 0 Å². The van der Waals surface area contributed by atoms with Crippen molar-refractivity contribution in [3.63, 3.8) is 0 Å². The van der Waals surface area contributed by atoms with Crippen LogP contribution in [-0.4, -0.2) is 34.4 Å². The molecule has 0 spiro atoms. The van der Waals surface area contributed by atoms with Gasteiger partial charge in [-0.15, -0.1) is 11.8 Å². The van der Waals surface area contributed by atoms with Crippen LogP contribution in [0.4, 0.5) is 0 Å². The van der Waals surface area contributed by atoms with E-state index in [1.54, 1.807) is 0 Å². The van der Waals surface area contributed by atoms with Crippen LogP contribution in [0.1, 0.15) is 20.3 Å². The first kappa shape index (κ1) is 11.2. The Balaban J connectivity index is 2.47. The van der Waals surface area contributed by atoms with Gasteiger partial charge in [0.15, 0.2) is 0 Å². The summed E-state index contributed by atoms with van der Waals surface area (Å²) in [7, 11) is 0. The smallest absolute Gasteiger partial charge is 0.108 e. The molecule has 0 aromatic heterocycles. The number of thioether (sulfide) groups is 2. The molecule has 4 heteroatoms. The molecule has 0 aliphatic carbocycles. The molecule has 0 saturated carbocycles. The van der Waals surface area contributed by atoms with Crippen LogP contribution in [0.5, 0.6) is 0 Å². The molecule has 0 amide bonds. The van der Waals surface area contributed by atoms with E-state index in [1.807, 2.05) is 23.5 Å². The lowest BCUT2D eigenvalue weighted by Crippen LogP contribution is -2.36. The maximum absolute atomic E-state index is 5.94. The molecule has 76 valence electrons. The monoisotopic (exact) mass is 218 g/mol. The molecule has 1 rings (SSSR count). The Morgan fingerprint density at radius 2 is 2.15 bits per heavy atom. The fourth-order valence-electron chi connectivity index (χ4n) is 1.29. The van der Waals surface area contributed by atoms with Gasteiger partial charge in [-0.05, 0) is 6.42 Å². The van der Waals surface area contributed by atoms with E-state index in [2.05, 4.69) is 18.8 Å². The van der Waals surface area contributed by atoms with Gasteiger partial charge in [-0.2, -0.15) is 11.8 Å². The van der Waals surface area contributed by atoms with Crippen molar-refractivity contribution in [2.45, 2.75) is 30.8 Å². The van der Waals surface area contributed by atoms with Gasteiger partial charge in [0, 0.05) is 23.3 Å². The van der Waals surface area contributed by atoms with E-state index >= 15 is 0 Å². The maximum atomic E-state index is 5.94. The summed E-state index contributed by atoms with van der Waals surface area (Å²) in [4.78, 5) is 4.38. The second-order valence-electron chi connectivity index (χ2n) is 3.17. The molecule has 0 aromatic rings. The molecule has 1 saturated heterocycles. The van der Waals surface area contributed by atoms with E-state index in [1.165, 1.54) is 11.5 Å². The molecule has 0 radical (unpaired) electrons. The van der Waals surface area contributed by atoms with E-state index in [4.69, 9.17) is 5.73 Å². The summed E-state index contributed by atoms with van der Waals surface area (Å²) in [6.45, 7) is 5.25. The molecule has 2 unspecified atom stereocenters. The Morgan fingerprint density at radius 3 is 2.77 bits per heavy atom. The minimum absolute atomic E-state index is 0.449. The number of nitrogens with two attached hydrogens (primary N) is 1. The predicted octanol–water partition coefficient (Wildman–Crippen LogP) is 1.99. The van der Waals surface area contributed by atoms with Crippen LogP contribution in [0.3, 0.4) is 0 Å². The van der Waals surface area contributed by atoms with Crippen molar-refractivity contribution in [3.8, 4) is 0 Å². The van der Waals surface area contributed by atoms with Crippen molar-refractivity contribution in [2.24, 2.45) is 10.7 Å². The van der Waals surface area contributed by atoms with Crippen LogP contribution in [-0.2, 0) is 0 Å². The van der Waals surface area contributed by atoms with E-state index < -0.39 is 0 Å². The first-order valence-corrected chi connectivity index (χ1v) is 6.88. The van der Waals surface area contributed by atoms with Crippen molar-refractivity contribution in [2.75, 3.05) is 18.1 Å². The highest BCUT2D eigenvalue weighted by atomic mass is 32.2.